The molecule has 8 heteroatoms. The van der Waals surface area contributed by atoms with Crippen LogP contribution < -0.4 is 15.0 Å². The summed E-state index contributed by atoms with van der Waals surface area (Å²) < 4.78 is 5.26. The minimum atomic E-state index is -1.10. The Morgan fingerprint density at radius 3 is 2.50 bits per heavy atom. The number of benzene rings is 2. The minimum Gasteiger partial charge on any atom is -0.497 e. The first-order chi connectivity index (χ1) is 14.4. The number of halogens is 1. The highest BCUT2D eigenvalue weighted by atomic mass is 35.5. The molecule has 2 saturated heterocycles. The summed E-state index contributed by atoms with van der Waals surface area (Å²) in [5.41, 5.74) is 0.685. The molecule has 0 aromatic heterocycles. The molecular weight excluding hydrogens is 404 g/mol. The van der Waals surface area contributed by atoms with E-state index in [1.54, 1.807) is 20.1 Å². The highest BCUT2D eigenvalue weighted by Gasteiger charge is 2.49. The summed E-state index contributed by atoms with van der Waals surface area (Å²) in [5, 5.41) is 3.57. The zero-order valence-corrected chi connectivity index (χ0v) is 17.9. The van der Waals surface area contributed by atoms with Gasteiger partial charge in [0.1, 0.15) is 11.3 Å². The van der Waals surface area contributed by atoms with E-state index in [4.69, 9.17) is 16.3 Å². The van der Waals surface area contributed by atoms with E-state index in [0.717, 1.165) is 31.9 Å². The van der Waals surface area contributed by atoms with Crippen LogP contribution in [0.3, 0.4) is 0 Å². The van der Waals surface area contributed by atoms with Gasteiger partial charge in [-0.2, -0.15) is 0 Å². The molecule has 2 fully saturated rings. The smallest absolute Gasteiger partial charge is 0.326 e. The van der Waals surface area contributed by atoms with Gasteiger partial charge in [-0.05, 0) is 42.8 Å². The first kappa shape index (κ1) is 20.5. The summed E-state index contributed by atoms with van der Waals surface area (Å²) in [7, 11) is 1.58. The van der Waals surface area contributed by atoms with E-state index in [-0.39, 0.29) is 18.6 Å². The molecule has 30 heavy (non-hydrogen) atoms. The van der Waals surface area contributed by atoms with Crippen molar-refractivity contribution in [3.63, 3.8) is 0 Å². The Balaban J connectivity index is 1.42. The van der Waals surface area contributed by atoms with Gasteiger partial charge in [-0.1, -0.05) is 29.8 Å². The van der Waals surface area contributed by atoms with Gasteiger partial charge in [-0.25, -0.2) is 9.69 Å². The number of hydrogen-bond acceptors (Lipinski definition) is 5. The fourth-order valence-corrected chi connectivity index (χ4v) is 4.16. The third-order valence-electron chi connectivity index (χ3n) is 5.81. The van der Waals surface area contributed by atoms with Gasteiger partial charge in [0.25, 0.3) is 5.91 Å². The van der Waals surface area contributed by atoms with Crippen LogP contribution in [0.2, 0.25) is 5.02 Å². The zero-order chi connectivity index (χ0) is 21.3. The number of rotatable bonds is 5. The van der Waals surface area contributed by atoms with Crippen LogP contribution >= 0.6 is 11.6 Å². The summed E-state index contributed by atoms with van der Waals surface area (Å²) in [6, 6.07) is 14.7. The maximum atomic E-state index is 13.2. The molecule has 2 aromatic carbocycles. The predicted octanol–water partition coefficient (Wildman–Crippen LogP) is 2.90. The van der Waals surface area contributed by atoms with Gasteiger partial charge < -0.3 is 15.0 Å². The molecule has 0 aliphatic carbocycles. The van der Waals surface area contributed by atoms with Crippen LogP contribution in [0.15, 0.2) is 48.5 Å². The first-order valence-electron chi connectivity index (χ1n) is 9.92. The second-order valence-corrected chi connectivity index (χ2v) is 8.18. The summed E-state index contributed by atoms with van der Waals surface area (Å²) >= 11 is 6.10. The molecule has 1 unspecified atom stereocenters. The van der Waals surface area contributed by atoms with Crippen LogP contribution in [0.5, 0.6) is 5.75 Å². The third-order valence-corrected chi connectivity index (χ3v) is 6.04. The molecule has 1 N–H and O–H groups in total. The first-order valence-corrected chi connectivity index (χ1v) is 10.3. The van der Waals surface area contributed by atoms with Crippen LogP contribution in [-0.2, 0) is 10.3 Å². The molecule has 3 amide bonds. The second kappa shape index (κ2) is 8.16. The predicted molar refractivity (Wildman–Crippen MR) is 116 cm³/mol. The maximum Gasteiger partial charge on any atom is 0.326 e. The molecule has 0 saturated carbocycles. The second-order valence-electron chi connectivity index (χ2n) is 7.75. The van der Waals surface area contributed by atoms with E-state index in [0.29, 0.717) is 16.3 Å². The number of nitrogens with one attached hydrogen (secondary N) is 1. The number of imide groups is 1. The molecule has 1 atom stereocenters. The monoisotopic (exact) mass is 428 g/mol. The number of carbonyl (C=O) groups excluding carboxylic acids is 2. The average molecular weight is 429 g/mol. The van der Waals surface area contributed by atoms with Crippen molar-refractivity contribution in [2.75, 3.05) is 44.9 Å². The molecule has 2 heterocycles. The minimum absolute atomic E-state index is 0.252. The molecule has 0 radical (unpaired) electrons. The number of methoxy groups -OCH3 is 1. The number of piperazine rings is 1. The van der Waals surface area contributed by atoms with Crippen molar-refractivity contribution < 1.29 is 14.3 Å². The molecule has 0 spiro atoms. The van der Waals surface area contributed by atoms with Gasteiger partial charge in [0.15, 0.2) is 0 Å². The number of urea groups is 1. The molecule has 158 valence electrons. The van der Waals surface area contributed by atoms with Gasteiger partial charge in [0.05, 0.1) is 13.8 Å². The van der Waals surface area contributed by atoms with Gasteiger partial charge >= 0.3 is 6.03 Å². The van der Waals surface area contributed by atoms with Crippen molar-refractivity contribution in [2.45, 2.75) is 12.5 Å². The molecule has 4 rings (SSSR count). The van der Waals surface area contributed by atoms with Crippen LogP contribution in [0.4, 0.5) is 10.5 Å². The number of nitrogens with zero attached hydrogens (tertiary/aromatic N) is 3. The number of anilines is 1. The van der Waals surface area contributed by atoms with E-state index >= 15 is 0 Å². The van der Waals surface area contributed by atoms with Crippen LogP contribution in [-0.4, -0.2) is 61.7 Å². The van der Waals surface area contributed by atoms with Crippen molar-refractivity contribution in [3.8, 4) is 5.75 Å². The summed E-state index contributed by atoms with van der Waals surface area (Å²) in [4.78, 5) is 31.5. The van der Waals surface area contributed by atoms with Crippen molar-refractivity contribution >= 4 is 29.2 Å². The number of hydrogen-bond donors (Lipinski definition) is 1. The zero-order valence-electron chi connectivity index (χ0n) is 17.1. The van der Waals surface area contributed by atoms with E-state index in [9.17, 15) is 9.59 Å². The van der Waals surface area contributed by atoms with E-state index in [1.165, 1.54) is 4.90 Å². The van der Waals surface area contributed by atoms with Crippen molar-refractivity contribution in [2.24, 2.45) is 0 Å². The molecule has 7 nitrogen and oxygen atoms in total. The lowest BCUT2D eigenvalue weighted by Crippen LogP contribution is -2.51. The standard InChI is InChI=1S/C22H25ClN4O3/c1-22(16-5-3-8-19(13-16)30-2)20(28)27(21(29)24-22)15-25-9-11-26(12-10-25)18-7-4-6-17(23)14-18/h3-8,13-14H,9-12,15H2,1-2H3,(H,24,29). The lowest BCUT2D eigenvalue weighted by Gasteiger charge is -2.37. The summed E-state index contributed by atoms with van der Waals surface area (Å²) in [6.07, 6.45) is 0. The van der Waals surface area contributed by atoms with E-state index < -0.39 is 5.54 Å². The van der Waals surface area contributed by atoms with Crippen LogP contribution in [0.1, 0.15) is 12.5 Å². The van der Waals surface area contributed by atoms with Gasteiger partial charge in [0, 0.05) is 36.9 Å². The third kappa shape index (κ3) is 3.82. The fourth-order valence-electron chi connectivity index (χ4n) is 3.98. The van der Waals surface area contributed by atoms with Crippen molar-refractivity contribution in [1.29, 1.82) is 0 Å². The van der Waals surface area contributed by atoms with Crippen LogP contribution in [0, 0.1) is 0 Å². The Labute approximate surface area is 181 Å². The van der Waals surface area contributed by atoms with Gasteiger partial charge in [0.2, 0.25) is 0 Å². The quantitative estimate of drug-likeness (QED) is 0.742. The largest absolute Gasteiger partial charge is 0.497 e. The topological polar surface area (TPSA) is 65.1 Å². The Bertz CT molecular complexity index is 961. The highest BCUT2D eigenvalue weighted by Crippen LogP contribution is 2.31. The Morgan fingerprint density at radius 2 is 1.80 bits per heavy atom. The average Bonchev–Trinajstić information content (AvgIpc) is 2.98. The summed E-state index contributed by atoms with van der Waals surface area (Å²) in [5.74, 6) is 0.393. The SMILES string of the molecule is COc1cccc(C2(C)NC(=O)N(CN3CCN(c4cccc(Cl)c4)CC3)C2=O)c1. The van der Waals surface area contributed by atoms with Gasteiger partial charge in [-0.15, -0.1) is 0 Å². The molecule has 0 bridgehead atoms. The maximum absolute atomic E-state index is 13.2. The summed E-state index contributed by atoms with van der Waals surface area (Å²) in [6.45, 7) is 5.11. The molecule has 2 aromatic rings. The molecule has 2 aliphatic rings. The molecular formula is C22H25ClN4O3. The number of ether oxygens (including phenoxy) is 1. The Morgan fingerprint density at radius 1 is 1.07 bits per heavy atom. The van der Waals surface area contributed by atoms with Crippen molar-refractivity contribution in [1.82, 2.24) is 15.1 Å². The molecule has 2 aliphatic heterocycles. The van der Waals surface area contributed by atoms with E-state index in [1.807, 2.05) is 42.5 Å². The normalized spacial score (nSPS) is 22.4. The number of carbonyl (C=O) groups is 2. The Hall–Kier alpha value is -2.77. The lowest BCUT2D eigenvalue weighted by molar-refractivity contribution is -0.132. The van der Waals surface area contributed by atoms with Crippen molar-refractivity contribution in [3.05, 3.63) is 59.1 Å². The lowest BCUT2D eigenvalue weighted by atomic mass is 9.92. The highest BCUT2D eigenvalue weighted by molar-refractivity contribution is 6.30. The Kier molecular flexibility index (Phi) is 5.58. The number of amides is 3. The van der Waals surface area contributed by atoms with Gasteiger partial charge in [-0.3, -0.25) is 9.69 Å². The van der Waals surface area contributed by atoms with E-state index in [2.05, 4.69) is 15.1 Å². The van der Waals surface area contributed by atoms with Crippen LogP contribution in [0.25, 0.3) is 0 Å². The fraction of sp³-hybridized carbons (Fsp3) is 0.364.